The third kappa shape index (κ3) is 5.43. The second kappa shape index (κ2) is 9.64. The Hall–Kier alpha value is -4.48. The molecule has 0 saturated carbocycles. The molecule has 12 heteroatoms. The van der Waals surface area contributed by atoms with Gasteiger partial charge in [-0.25, -0.2) is 19.7 Å². The lowest BCUT2D eigenvalue weighted by Gasteiger charge is -2.24. The Labute approximate surface area is 202 Å². The van der Waals surface area contributed by atoms with Crippen molar-refractivity contribution >= 4 is 28.7 Å². The summed E-state index contributed by atoms with van der Waals surface area (Å²) in [5, 5.41) is 7.12. The number of carboxylic acid groups (broad SMARTS) is 1. The Balaban J connectivity index is 0.000000384. The number of nitrogens with one attached hydrogen (secondary N) is 1. The van der Waals surface area contributed by atoms with Gasteiger partial charge in [0.1, 0.15) is 11.6 Å². The number of ether oxygens (including phenoxy) is 1. The fraction of sp³-hybridized carbons (Fsp3) is 0.208. The van der Waals surface area contributed by atoms with Crippen molar-refractivity contribution in [1.82, 2.24) is 19.9 Å². The first-order chi connectivity index (χ1) is 17.0. The number of hydrogen-bond acceptors (Lipinski definition) is 7. The molecular formula is C24H20F3N5O4. The van der Waals surface area contributed by atoms with E-state index < -0.39 is 12.1 Å². The summed E-state index contributed by atoms with van der Waals surface area (Å²) in [5.41, 5.74) is 11.0. The quantitative estimate of drug-likeness (QED) is 0.357. The predicted octanol–water partition coefficient (Wildman–Crippen LogP) is 4.16. The van der Waals surface area contributed by atoms with E-state index in [-0.39, 0.29) is 17.6 Å². The fourth-order valence-electron chi connectivity index (χ4n) is 3.71. The number of imidazole rings is 1. The Kier molecular flexibility index (Phi) is 6.60. The maximum atomic E-state index is 11.7. The van der Waals surface area contributed by atoms with Crippen LogP contribution in [-0.2, 0) is 11.2 Å². The number of alkyl halides is 3. The summed E-state index contributed by atoms with van der Waals surface area (Å²) in [4.78, 5) is 37.0. The predicted molar refractivity (Wildman–Crippen MR) is 124 cm³/mol. The average molecular weight is 499 g/mol. The van der Waals surface area contributed by atoms with Gasteiger partial charge in [-0.3, -0.25) is 4.79 Å². The van der Waals surface area contributed by atoms with Gasteiger partial charge in [-0.1, -0.05) is 6.07 Å². The second-order valence-corrected chi connectivity index (χ2v) is 8.05. The summed E-state index contributed by atoms with van der Waals surface area (Å²) in [6, 6.07) is 13.4. The number of carboxylic acids is 1. The van der Waals surface area contributed by atoms with Crippen LogP contribution in [0.25, 0.3) is 22.3 Å². The number of aromatic amines is 1. The lowest BCUT2D eigenvalue weighted by atomic mass is 9.94. The molecule has 0 amide bonds. The van der Waals surface area contributed by atoms with Gasteiger partial charge in [0.15, 0.2) is 5.78 Å². The highest BCUT2D eigenvalue weighted by Crippen LogP contribution is 2.33. The number of Topliss-reactive ketones (excluding diaryl/α,β-unsaturated/α-hetero) is 1. The number of rotatable bonds is 3. The minimum Gasteiger partial charge on any atom is -0.493 e. The molecule has 5 rings (SSSR count). The molecular weight excluding hydrogens is 479 g/mol. The van der Waals surface area contributed by atoms with Crippen molar-refractivity contribution in [3.63, 3.8) is 0 Å². The van der Waals surface area contributed by atoms with Crippen molar-refractivity contribution in [2.75, 3.05) is 12.3 Å². The number of nitrogens with two attached hydrogens (primary N) is 1. The fourth-order valence-corrected chi connectivity index (χ4v) is 3.71. The van der Waals surface area contributed by atoms with Crippen molar-refractivity contribution in [2.24, 2.45) is 0 Å². The monoisotopic (exact) mass is 499 g/mol. The van der Waals surface area contributed by atoms with Crippen LogP contribution in [-0.4, -0.2) is 49.6 Å². The van der Waals surface area contributed by atoms with Crippen LogP contribution in [0.3, 0.4) is 0 Å². The second-order valence-electron chi connectivity index (χ2n) is 8.05. The van der Waals surface area contributed by atoms with Gasteiger partial charge in [-0.2, -0.15) is 13.2 Å². The highest BCUT2D eigenvalue weighted by atomic mass is 19.4. The first-order valence-electron chi connectivity index (χ1n) is 10.7. The number of aromatic nitrogens is 4. The lowest BCUT2D eigenvalue weighted by Crippen LogP contribution is -2.21. The Morgan fingerprint density at radius 2 is 1.89 bits per heavy atom. The smallest absolute Gasteiger partial charge is 0.490 e. The van der Waals surface area contributed by atoms with E-state index in [0.29, 0.717) is 12.2 Å². The molecule has 0 saturated heterocycles. The van der Waals surface area contributed by atoms with Crippen molar-refractivity contribution in [3.05, 3.63) is 65.6 Å². The van der Waals surface area contributed by atoms with E-state index in [1.807, 2.05) is 42.5 Å². The van der Waals surface area contributed by atoms with Gasteiger partial charge in [0.05, 0.1) is 29.3 Å². The summed E-state index contributed by atoms with van der Waals surface area (Å²) in [6.07, 6.45) is -2.67. The van der Waals surface area contributed by atoms with Crippen LogP contribution in [0.2, 0.25) is 0 Å². The molecule has 0 spiro atoms. The first-order valence-corrected chi connectivity index (χ1v) is 10.7. The number of ketones is 1. The highest BCUT2D eigenvalue weighted by molar-refractivity contribution is 5.94. The van der Waals surface area contributed by atoms with Crippen LogP contribution in [0.5, 0.6) is 5.75 Å². The topological polar surface area (TPSA) is 144 Å². The molecule has 9 nitrogen and oxygen atoms in total. The largest absolute Gasteiger partial charge is 0.493 e. The van der Waals surface area contributed by atoms with Crippen LogP contribution < -0.4 is 10.5 Å². The van der Waals surface area contributed by atoms with E-state index >= 15 is 0 Å². The number of halogens is 3. The molecule has 1 atom stereocenters. The number of carbonyl (C=O) groups excluding carboxylic acids is 1. The molecule has 2 aromatic heterocycles. The molecule has 4 N–H and O–H groups in total. The highest BCUT2D eigenvalue weighted by Gasteiger charge is 2.38. The van der Waals surface area contributed by atoms with Gasteiger partial charge < -0.3 is 20.6 Å². The summed E-state index contributed by atoms with van der Waals surface area (Å²) < 4.78 is 37.7. The van der Waals surface area contributed by atoms with Gasteiger partial charge in [-0.15, -0.1) is 0 Å². The number of nitrogen functional groups attached to an aromatic ring is 1. The molecule has 0 radical (unpaired) electrons. The zero-order chi connectivity index (χ0) is 26.0. The van der Waals surface area contributed by atoms with Gasteiger partial charge >= 0.3 is 12.1 Å². The van der Waals surface area contributed by atoms with Crippen LogP contribution in [0, 0.1) is 0 Å². The lowest BCUT2D eigenvalue weighted by molar-refractivity contribution is -0.192. The number of carbonyl (C=O) groups is 2. The average Bonchev–Trinajstić information content (AvgIpc) is 3.26. The van der Waals surface area contributed by atoms with E-state index in [1.54, 1.807) is 13.1 Å². The van der Waals surface area contributed by atoms with Gasteiger partial charge in [0, 0.05) is 17.3 Å². The van der Waals surface area contributed by atoms with Crippen molar-refractivity contribution in [3.8, 4) is 17.0 Å². The van der Waals surface area contributed by atoms with E-state index in [9.17, 15) is 18.0 Å². The molecule has 2 aromatic carbocycles. The number of hydrogen-bond donors (Lipinski definition) is 3. The Bertz CT molecular complexity index is 1450. The maximum Gasteiger partial charge on any atom is 0.490 e. The number of nitrogens with zero attached hydrogens (tertiary/aromatic N) is 3. The van der Waals surface area contributed by atoms with Gasteiger partial charge in [0.2, 0.25) is 5.95 Å². The normalized spacial score (nSPS) is 14.8. The number of aliphatic carboxylic acids is 1. The molecule has 0 bridgehead atoms. The van der Waals surface area contributed by atoms with E-state index in [2.05, 4.69) is 15.0 Å². The standard InChI is InChI=1S/C22H19N5O2.C2HF3O2/c1-12(28)13-3-5-20-15(8-13)9-16(11-29-20)21-25-18-4-2-14(10-19(18)26-21)17-6-7-24-22(23)27-17;3-2(4,5)1(6)7/h2-8,10,16H,9,11H2,1H3,(H,25,26)(H2,23,24,27);(H,6,7). The third-order valence-corrected chi connectivity index (χ3v) is 5.47. The van der Waals surface area contributed by atoms with E-state index in [1.165, 1.54) is 0 Å². The third-order valence-electron chi connectivity index (χ3n) is 5.47. The number of H-pyrrole nitrogens is 1. The van der Waals surface area contributed by atoms with E-state index in [4.69, 9.17) is 25.4 Å². The molecule has 0 aliphatic carbocycles. The van der Waals surface area contributed by atoms with E-state index in [0.717, 1.165) is 45.8 Å². The van der Waals surface area contributed by atoms with Gasteiger partial charge in [0.25, 0.3) is 0 Å². The van der Waals surface area contributed by atoms with Crippen LogP contribution in [0.4, 0.5) is 19.1 Å². The van der Waals surface area contributed by atoms with Crippen LogP contribution in [0.15, 0.2) is 48.7 Å². The summed E-state index contributed by atoms with van der Waals surface area (Å²) in [6.45, 7) is 2.12. The SMILES string of the molecule is CC(=O)c1ccc2c(c1)CC(c1nc3ccc(-c4ccnc(N)n4)cc3[nH]1)CO2.O=C(O)C(F)(F)F. The molecule has 1 aliphatic heterocycles. The maximum absolute atomic E-state index is 11.7. The van der Waals surface area contributed by atoms with Crippen molar-refractivity contribution in [1.29, 1.82) is 0 Å². The van der Waals surface area contributed by atoms with Crippen LogP contribution in [0.1, 0.15) is 34.6 Å². The first kappa shape index (κ1) is 24.6. The molecule has 36 heavy (non-hydrogen) atoms. The zero-order valence-electron chi connectivity index (χ0n) is 18.8. The Morgan fingerprint density at radius 1 is 1.14 bits per heavy atom. The Morgan fingerprint density at radius 3 is 2.56 bits per heavy atom. The van der Waals surface area contributed by atoms with Crippen molar-refractivity contribution < 1.29 is 32.6 Å². The zero-order valence-corrected chi connectivity index (χ0v) is 18.8. The number of anilines is 1. The minimum atomic E-state index is -5.08. The summed E-state index contributed by atoms with van der Waals surface area (Å²) in [5.74, 6) is -0.653. The molecule has 1 unspecified atom stereocenters. The van der Waals surface area contributed by atoms with Crippen LogP contribution >= 0.6 is 0 Å². The summed E-state index contributed by atoms with van der Waals surface area (Å²) >= 11 is 0. The van der Waals surface area contributed by atoms with Crippen molar-refractivity contribution in [2.45, 2.75) is 25.4 Å². The number of fused-ring (bicyclic) bond motifs is 2. The minimum absolute atomic E-state index is 0.0524. The molecule has 3 heterocycles. The molecule has 186 valence electrons. The molecule has 0 fully saturated rings. The molecule has 1 aliphatic rings. The van der Waals surface area contributed by atoms with Gasteiger partial charge in [-0.05, 0) is 55.3 Å². The summed E-state index contributed by atoms with van der Waals surface area (Å²) in [7, 11) is 0. The molecule has 4 aromatic rings. The number of benzene rings is 2.